The van der Waals surface area contributed by atoms with Gasteiger partial charge < -0.3 is 19.2 Å². The molecule has 0 fully saturated rings. The predicted molar refractivity (Wildman–Crippen MR) is 71.3 cm³/mol. The van der Waals surface area contributed by atoms with Crippen LogP contribution in [0.1, 0.15) is 16.4 Å². The van der Waals surface area contributed by atoms with E-state index in [-0.39, 0.29) is 37.3 Å². The molecular weight excluding hydrogens is 279 g/mol. The molecule has 1 aromatic carbocycles. The Kier molecular flexibility index (Phi) is 4.89. The quantitative estimate of drug-likeness (QED) is 0.873. The largest absolute Gasteiger partial charge is 0.484 e. The first-order chi connectivity index (χ1) is 10.1. The Morgan fingerprint density at radius 3 is 3.05 bits per heavy atom. The molecule has 1 aromatic heterocycles. The van der Waals surface area contributed by atoms with Crippen LogP contribution in [0.15, 0.2) is 34.9 Å². The summed E-state index contributed by atoms with van der Waals surface area (Å²) < 4.78 is 23.4. The first-order valence-corrected chi connectivity index (χ1v) is 6.29. The molecule has 1 heterocycles. The summed E-state index contributed by atoms with van der Waals surface area (Å²) in [5.41, 5.74) is 0.129. The molecule has 0 aliphatic carbocycles. The summed E-state index contributed by atoms with van der Waals surface area (Å²) in [4.78, 5) is 17.2. The van der Waals surface area contributed by atoms with Crippen LogP contribution in [0.5, 0.6) is 5.75 Å². The summed E-state index contributed by atoms with van der Waals surface area (Å²) in [6, 6.07) is 5.68. The van der Waals surface area contributed by atoms with Crippen molar-refractivity contribution in [2.75, 3.05) is 20.2 Å². The van der Waals surface area contributed by atoms with E-state index in [0.29, 0.717) is 5.75 Å². The molecule has 0 aliphatic rings. The number of likely N-dealkylation sites (N-methyl/N-ethyl adjacent to an activating group) is 1. The van der Waals surface area contributed by atoms with Crippen molar-refractivity contribution in [2.24, 2.45) is 0 Å². The summed E-state index contributed by atoms with van der Waals surface area (Å²) in [6.07, 6.45) is 1.22. The molecule has 112 valence electrons. The standard InChI is InChI=1S/C14H15FN2O4/c1-17(5-6-18)14(19)12-8-21-13(16-12)9-20-11-4-2-3-10(15)7-11/h2-4,7-8,18H,5-6,9H2,1H3. The van der Waals surface area contributed by atoms with Crippen LogP contribution in [0.25, 0.3) is 0 Å². The Bertz CT molecular complexity index is 615. The fourth-order valence-electron chi connectivity index (χ4n) is 1.62. The van der Waals surface area contributed by atoms with Crippen molar-refractivity contribution in [1.29, 1.82) is 0 Å². The van der Waals surface area contributed by atoms with Crippen LogP contribution in [0.2, 0.25) is 0 Å². The Hall–Kier alpha value is -2.41. The van der Waals surface area contributed by atoms with E-state index in [1.807, 2.05) is 0 Å². The minimum atomic E-state index is -0.401. The Labute approximate surface area is 120 Å². The highest BCUT2D eigenvalue weighted by Crippen LogP contribution is 2.14. The van der Waals surface area contributed by atoms with E-state index >= 15 is 0 Å². The van der Waals surface area contributed by atoms with Crippen LogP contribution < -0.4 is 4.74 Å². The maximum atomic E-state index is 13.0. The smallest absolute Gasteiger partial charge is 0.275 e. The molecule has 0 saturated carbocycles. The lowest BCUT2D eigenvalue weighted by Crippen LogP contribution is -2.29. The number of rotatable bonds is 6. The van der Waals surface area contributed by atoms with E-state index in [1.54, 1.807) is 13.1 Å². The number of carbonyl (C=O) groups is 1. The third-order valence-electron chi connectivity index (χ3n) is 2.71. The number of aliphatic hydroxyl groups excluding tert-OH is 1. The molecule has 0 bridgehead atoms. The molecule has 0 saturated heterocycles. The minimum Gasteiger partial charge on any atom is -0.484 e. The van der Waals surface area contributed by atoms with Crippen molar-refractivity contribution in [1.82, 2.24) is 9.88 Å². The number of aliphatic hydroxyl groups is 1. The zero-order chi connectivity index (χ0) is 15.2. The van der Waals surface area contributed by atoms with E-state index in [4.69, 9.17) is 14.3 Å². The maximum absolute atomic E-state index is 13.0. The van der Waals surface area contributed by atoms with Crippen LogP contribution in [0.3, 0.4) is 0 Å². The molecule has 1 amide bonds. The van der Waals surface area contributed by atoms with Gasteiger partial charge in [0.2, 0.25) is 5.89 Å². The van der Waals surface area contributed by atoms with Gasteiger partial charge in [-0.25, -0.2) is 9.37 Å². The lowest BCUT2D eigenvalue weighted by atomic mass is 10.3. The number of carbonyl (C=O) groups excluding carboxylic acids is 1. The van der Waals surface area contributed by atoms with Crippen LogP contribution >= 0.6 is 0 Å². The number of ether oxygens (including phenoxy) is 1. The first kappa shape index (κ1) is 15.0. The molecule has 2 aromatic rings. The number of oxazole rings is 1. The van der Waals surface area contributed by atoms with E-state index in [1.165, 1.54) is 29.4 Å². The average Bonchev–Trinajstić information content (AvgIpc) is 2.93. The van der Waals surface area contributed by atoms with Gasteiger partial charge in [-0.05, 0) is 12.1 Å². The van der Waals surface area contributed by atoms with Crippen molar-refractivity contribution >= 4 is 5.91 Å². The fourth-order valence-corrected chi connectivity index (χ4v) is 1.62. The van der Waals surface area contributed by atoms with Crippen molar-refractivity contribution in [3.8, 4) is 5.75 Å². The average molecular weight is 294 g/mol. The minimum absolute atomic E-state index is 0.0134. The molecule has 0 radical (unpaired) electrons. The molecule has 0 unspecified atom stereocenters. The monoisotopic (exact) mass is 294 g/mol. The predicted octanol–water partition coefficient (Wildman–Crippen LogP) is 1.46. The number of aromatic nitrogens is 1. The van der Waals surface area contributed by atoms with Gasteiger partial charge in [0.25, 0.3) is 5.91 Å². The Balaban J connectivity index is 1.95. The van der Waals surface area contributed by atoms with Gasteiger partial charge in [-0.2, -0.15) is 0 Å². The SMILES string of the molecule is CN(CCO)C(=O)c1coc(COc2cccc(F)c2)n1. The van der Waals surface area contributed by atoms with Gasteiger partial charge in [-0.3, -0.25) is 4.79 Å². The summed E-state index contributed by atoms with van der Waals surface area (Å²) in [5.74, 6) is -0.204. The topological polar surface area (TPSA) is 75.8 Å². The van der Waals surface area contributed by atoms with Crippen LogP contribution in [0.4, 0.5) is 4.39 Å². The normalized spacial score (nSPS) is 10.4. The van der Waals surface area contributed by atoms with Gasteiger partial charge in [0.15, 0.2) is 12.3 Å². The maximum Gasteiger partial charge on any atom is 0.275 e. The summed E-state index contributed by atoms with van der Waals surface area (Å²) in [5, 5.41) is 8.78. The number of halogens is 1. The number of hydrogen-bond donors (Lipinski definition) is 1. The van der Waals surface area contributed by atoms with Crippen LogP contribution in [-0.4, -0.2) is 41.1 Å². The molecule has 1 N–H and O–H groups in total. The first-order valence-electron chi connectivity index (χ1n) is 6.29. The second-order valence-corrected chi connectivity index (χ2v) is 4.32. The molecule has 2 rings (SSSR count). The van der Waals surface area contributed by atoms with Gasteiger partial charge in [0.05, 0.1) is 6.61 Å². The van der Waals surface area contributed by atoms with Crippen LogP contribution in [-0.2, 0) is 6.61 Å². The van der Waals surface area contributed by atoms with E-state index < -0.39 is 5.82 Å². The Morgan fingerprint density at radius 1 is 1.52 bits per heavy atom. The molecule has 0 spiro atoms. The van der Waals surface area contributed by atoms with E-state index in [0.717, 1.165) is 0 Å². The van der Waals surface area contributed by atoms with E-state index in [9.17, 15) is 9.18 Å². The van der Waals surface area contributed by atoms with Gasteiger partial charge in [0, 0.05) is 19.7 Å². The summed E-state index contributed by atoms with van der Waals surface area (Å²) >= 11 is 0. The van der Waals surface area contributed by atoms with Gasteiger partial charge >= 0.3 is 0 Å². The second-order valence-electron chi connectivity index (χ2n) is 4.32. The molecule has 0 aliphatic heterocycles. The molecule has 6 nitrogen and oxygen atoms in total. The number of benzene rings is 1. The van der Waals surface area contributed by atoms with Gasteiger partial charge in [0.1, 0.15) is 17.8 Å². The second kappa shape index (κ2) is 6.85. The molecule has 7 heteroatoms. The van der Waals surface area contributed by atoms with Crippen LogP contribution in [0, 0.1) is 5.82 Å². The summed E-state index contributed by atoms with van der Waals surface area (Å²) in [7, 11) is 1.55. The Morgan fingerprint density at radius 2 is 2.33 bits per heavy atom. The zero-order valence-corrected chi connectivity index (χ0v) is 11.5. The number of amides is 1. The van der Waals surface area contributed by atoms with Crippen molar-refractivity contribution in [2.45, 2.75) is 6.61 Å². The molecular formula is C14H15FN2O4. The highest BCUT2D eigenvalue weighted by Gasteiger charge is 2.16. The molecule has 21 heavy (non-hydrogen) atoms. The number of nitrogens with zero attached hydrogens (tertiary/aromatic N) is 2. The van der Waals surface area contributed by atoms with Crippen molar-refractivity contribution < 1.29 is 23.4 Å². The summed E-state index contributed by atoms with van der Waals surface area (Å²) in [6.45, 7) is 0.0664. The highest BCUT2D eigenvalue weighted by molar-refractivity contribution is 5.91. The highest BCUT2D eigenvalue weighted by atomic mass is 19.1. The lowest BCUT2D eigenvalue weighted by molar-refractivity contribution is 0.0761. The number of hydrogen-bond acceptors (Lipinski definition) is 5. The third-order valence-corrected chi connectivity index (χ3v) is 2.71. The van der Waals surface area contributed by atoms with Crippen molar-refractivity contribution in [3.63, 3.8) is 0 Å². The fraction of sp³-hybridized carbons (Fsp3) is 0.286. The van der Waals surface area contributed by atoms with Crippen molar-refractivity contribution in [3.05, 3.63) is 47.9 Å². The zero-order valence-electron chi connectivity index (χ0n) is 11.5. The van der Waals surface area contributed by atoms with E-state index in [2.05, 4.69) is 4.98 Å². The third kappa shape index (κ3) is 4.03. The molecule has 0 atom stereocenters. The lowest BCUT2D eigenvalue weighted by Gasteiger charge is -2.12. The van der Waals surface area contributed by atoms with Gasteiger partial charge in [-0.1, -0.05) is 6.07 Å². The van der Waals surface area contributed by atoms with Gasteiger partial charge in [-0.15, -0.1) is 0 Å².